The topological polar surface area (TPSA) is 42.2 Å². The summed E-state index contributed by atoms with van der Waals surface area (Å²) >= 11 is 1.76. The molecule has 102 valence electrons. The van der Waals surface area contributed by atoms with Gasteiger partial charge >= 0.3 is 0 Å². The first kappa shape index (κ1) is 14.0. The summed E-state index contributed by atoms with van der Waals surface area (Å²) in [5, 5.41) is 0. The smallest absolute Gasteiger partial charge is 0.0798 e. The molecular formula is C14H25N3S. The van der Waals surface area contributed by atoms with Crippen LogP contribution in [0.4, 0.5) is 0 Å². The Kier molecular flexibility index (Phi) is 5.15. The van der Waals surface area contributed by atoms with E-state index in [-0.39, 0.29) is 0 Å². The molecule has 2 atom stereocenters. The minimum absolute atomic E-state index is 0.400. The van der Waals surface area contributed by atoms with Gasteiger partial charge in [-0.3, -0.25) is 0 Å². The third-order valence-electron chi connectivity index (χ3n) is 4.02. The van der Waals surface area contributed by atoms with Crippen LogP contribution in [0.15, 0.2) is 5.51 Å². The number of hydrogen-bond acceptors (Lipinski definition) is 4. The quantitative estimate of drug-likeness (QED) is 0.853. The van der Waals surface area contributed by atoms with Gasteiger partial charge in [0.25, 0.3) is 0 Å². The van der Waals surface area contributed by atoms with E-state index < -0.39 is 0 Å². The van der Waals surface area contributed by atoms with Gasteiger partial charge in [0, 0.05) is 24.0 Å². The van der Waals surface area contributed by atoms with Crippen LogP contribution in [0, 0.1) is 12.8 Å². The Labute approximate surface area is 114 Å². The average Bonchev–Trinajstić information content (AvgIpc) is 2.61. The molecule has 0 radical (unpaired) electrons. The van der Waals surface area contributed by atoms with Gasteiger partial charge in [0.2, 0.25) is 0 Å². The van der Waals surface area contributed by atoms with Crippen LogP contribution in [0.1, 0.15) is 42.7 Å². The largest absolute Gasteiger partial charge is 0.327 e. The predicted molar refractivity (Wildman–Crippen MR) is 77.7 cm³/mol. The molecule has 2 N–H and O–H groups in total. The van der Waals surface area contributed by atoms with Gasteiger partial charge < -0.3 is 10.6 Å². The fourth-order valence-corrected chi connectivity index (χ4v) is 3.68. The molecule has 0 amide bonds. The molecule has 18 heavy (non-hydrogen) atoms. The van der Waals surface area contributed by atoms with Crippen LogP contribution in [-0.4, -0.2) is 29.5 Å². The lowest BCUT2D eigenvalue weighted by Crippen LogP contribution is -2.37. The molecular weight excluding hydrogens is 242 g/mol. The van der Waals surface area contributed by atoms with Gasteiger partial charge in [0.05, 0.1) is 11.2 Å². The van der Waals surface area contributed by atoms with Crippen molar-refractivity contribution in [1.82, 2.24) is 9.88 Å². The van der Waals surface area contributed by atoms with E-state index in [9.17, 15) is 0 Å². The maximum Gasteiger partial charge on any atom is 0.0798 e. The lowest BCUT2D eigenvalue weighted by molar-refractivity contribution is 0.238. The van der Waals surface area contributed by atoms with Gasteiger partial charge in [-0.05, 0) is 32.7 Å². The summed E-state index contributed by atoms with van der Waals surface area (Å²) < 4.78 is 0. The van der Waals surface area contributed by atoms with Gasteiger partial charge in [-0.25, -0.2) is 4.98 Å². The molecule has 0 aliphatic heterocycles. The van der Waals surface area contributed by atoms with Crippen molar-refractivity contribution in [3.05, 3.63) is 16.1 Å². The summed E-state index contributed by atoms with van der Waals surface area (Å²) in [6.07, 6.45) is 6.54. The lowest BCUT2D eigenvalue weighted by Gasteiger charge is -2.26. The van der Waals surface area contributed by atoms with Crippen LogP contribution in [0.25, 0.3) is 0 Å². The molecule has 1 aliphatic carbocycles. The highest BCUT2D eigenvalue weighted by Gasteiger charge is 2.21. The standard InChI is InChI=1S/C14H25N3S/c1-11-14(18-10-16-11)9-17(2)8-12-6-4-3-5-7-13(12)15/h10,12-13H,3-9,15H2,1-2H3. The number of thiazole rings is 1. The van der Waals surface area contributed by atoms with E-state index in [4.69, 9.17) is 5.73 Å². The zero-order valence-corrected chi connectivity index (χ0v) is 12.4. The predicted octanol–water partition coefficient (Wildman–Crippen LogP) is 2.79. The highest BCUT2D eigenvalue weighted by Crippen LogP contribution is 2.24. The number of rotatable bonds is 4. The Balaban J connectivity index is 1.86. The van der Waals surface area contributed by atoms with Gasteiger partial charge in [0.1, 0.15) is 0 Å². The van der Waals surface area contributed by atoms with Crippen LogP contribution in [0.3, 0.4) is 0 Å². The Bertz CT molecular complexity index is 364. The van der Waals surface area contributed by atoms with Gasteiger partial charge in [-0.1, -0.05) is 19.3 Å². The molecule has 0 aromatic carbocycles. The van der Waals surface area contributed by atoms with Crippen molar-refractivity contribution in [2.75, 3.05) is 13.6 Å². The molecule has 0 bridgehead atoms. The van der Waals surface area contributed by atoms with E-state index in [1.807, 2.05) is 5.51 Å². The molecule has 1 aromatic heterocycles. The fourth-order valence-electron chi connectivity index (χ4n) is 2.83. The Hall–Kier alpha value is -0.450. The number of hydrogen-bond donors (Lipinski definition) is 1. The van der Waals surface area contributed by atoms with Crippen molar-refractivity contribution < 1.29 is 0 Å². The second kappa shape index (κ2) is 6.64. The average molecular weight is 267 g/mol. The van der Waals surface area contributed by atoms with Crippen LogP contribution in [0.2, 0.25) is 0 Å². The van der Waals surface area contributed by atoms with Crippen molar-refractivity contribution in [3.63, 3.8) is 0 Å². The third-order valence-corrected chi connectivity index (χ3v) is 4.94. The van der Waals surface area contributed by atoms with E-state index in [1.54, 1.807) is 11.3 Å². The molecule has 1 aliphatic rings. The molecule has 1 heterocycles. The van der Waals surface area contributed by atoms with Crippen LogP contribution in [0.5, 0.6) is 0 Å². The van der Waals surface area contributed by atoms with E-state index in [0.29, 0.717) is 12.0 Å². The van der Waals surface area contributed by atoms with Crippen molar-refractivity contribution in [2.45, 2.75) is 51.6 Å². The van der Waals surface area contributed by atoms with E-state index in [1.165, 1.54) is 42.7 Å². The minimum atomic E-state index is 0.400. The number of nitrogens with zero attached hydrogens (tertiary/aromatic N) is 2. The number of aromatic nitrogens is 1. The summed E-state index contributed by atoms with van der Waals surface area (Å²) in [6, 6.07) is 0.400. The first-order valence-corrected chi connectivity index (χ1v) is 7.88. The van der Waals surface area contributed by atoms with Gasteiger partial charge in [-0.15, -0.1) is 11.3 Å². The third kappa shape index (κ3) is 3.77. The molecule has 3 nitrogen and oxygen atoms in total. The zero-order valence-electron chi connectivity index (χ0n) is 11.6. The number of nitrogens with two attached hydrogens (primary N) is 1. The van der Waals surface area contributed by atoms with E-state index >= 15 is 0 Å². The molecule has 1 saturated carbocycles. The Morgan fingerprint density at radius 1 is 1.39 bits per heavy atom. The second-order valence-corrected chi connectivity index (χ2v) is 6.56. The van der Waals surface area contributed by atoms with Crippen molar-refractivity contribution in [1.29, 1.82) is 0 Å². The molecule has 2 rings (SSSR count). The first-order valence-electron chi connectivity index (χ1n) is 7.00. The number of aryl methyl sites for hydroxylation is 1. The molecule has 1 aromatic rings. The molecule has 4 heteroatoms. The van der Waals surface area contributed by atoms with E-state index in [2.05, 4.69) is 23.9 Å². The van der Waals surface area contributed by atoms with Crippen molar-refractivity contribution in [3.8, 4) is 0 Å². The highest BCUT2D eigenvalue weighted by molar-refractivity contribution is 7.09. The van der Waals surface area contributed by atoms with Crippen molar-refractivity contribution >= 4 is 11.3 Å². The first-order chi connectivity index (χ1) is 8.66. The highest BCUT2D eigenvalue weighted by atomic mass is 32.1. The van der Waals surface area contributed by atoms with Crippen LogP contribution in [-0.2, 0) is 6.54 Å². The lowest BCUT2D eigenvalue weighted by atomic mass is 9.95. The van der Waals surface area contributed by atoms with Gasteiger partial charge in [0.15, 0.2) is 0 Å². The monoisotopic (exact) mass is 267 g/mol. The SMILES string of the molecule is Cc1ncsc1CN(C)CC1CCCCCC1N. The Morgan fingerprint density at radius 3 is 2.89 bits per heavy atom. The second-order valence-electron chi connectivity index (χ2n) is 5.62. The molecule has 1 fully saturated rings. The summed E-state index contributed by atoms with van der Waals surface area (Å²) in [5.41, 5.74) is 9.41. The Morgan fingerprint density at radius 2 is 2.17 bits per heavy atom. The fraction of sp³-hybridized carbons (Fsp3) is 0.786. The maximum absolute atomic E-state index is 6.29. The molecule has 0 saturated heterocycles. The van der Waals surface area contributed by atoms with Crippen molar-refractivity contribution in [2.24, 2.45) is 11.7 Å². The van der Waals surface area contributed by atoms with Gasteiger partial charge in [-0.2, -0.15) is 0 Å². The summed E-state index contributed by atoms with van der Waals surface area (Å²) in [6.45, 7) is 4.23. The molecule has 0 spiro atoms. The summed E-state index contributed by atoms with van der Waals surface area (Å²) in [5.74, 6) is 0.672. The van der Waals surface area contributed by atoms with Crippen LogP contribution >= 0.6 is 11.3 Å². The molecule has 2 unspecified atom stereocenters. The summed E-state index contributed by atoms with van der Waals surface area (Å²) in [4.78, 5) is 8.12. The normalized spacial score (nSPS) is 25.3. The maximum atomic E-state index is 6.29. The summed E-state index contributed by atoms with van der Waals surface area (Å²) in [7, 11) is 2.21. The van der Waals surface area contributed by atoms with E-state index in [0.717, 1.165) is 13.1 Å². The van der Waals surface area contributed by atoms with Crippen LogP contribution < -0.4 is 5.73 Å². The minimum Gasteiger partial charge on any atom is -0.327 e. The zero-order chi connectivity index (χ0) is 13.0.